The van der Waals surface area contributed by atoms with Gasteiger partial charge in [-0.1, -0.05) is 0 Å². The minimum Gasteiger partial charge on any atom is -0.388 e. The number of nitrogens with zero attached hydrogens (tertiary/aromatic N) is 2. The maximum Gasteiger partial charge on any atom is 0.0923 e. The van der Waals surface area contributed by atoms with Crippen LogP contribution in [0.4, 0.5) is 5.69 Å². The van der Waals surface area contributed by atoms with Gasteiger partial charge in [0.1, 0.15) is 0 Å². The summed E-state index contributed by atoms with van der Waals surface area (Å²) in [4.78, 5) is 6.42. The van der Waals surface area contributed by atoms with Crippen LogP contribution in [0.1, 0.15) is 26.0 Å². The molecule has 0 unspecified atom stereocenters. The van der Waals surface area contributed by atoms with Crippen molar-refractivity contribution in [1.29, 1.82) is 5.41 Å². The molecule has 0 saturated carbocycles. The summed E-state index contributed by atoms with van der Waals surface area (Å²) in [6.45, 7) is 7.02. The zero-order chi connectivity index (χ0) is 12.1. The number of amidine groups is 1. The summed E-state index contributed by atoms with van der Waals surface area (Å²) in [5.41, 5.74) is 7.54. The third-order valence-corrected chi connectivity index (χ3v) is 2.46. The number of aryl methyl sites for hydroxylation is 1. The van der Waals surface area contributed by atoms with Crippen molar-refractivity contribution in [2.45, 2.75) is 33.2 Å². The zero-order valence-electron chi connectivity index (χ0n) is 10.2. The Morgan fingerprint density at radius 3 is 2.75 bits per heavy atom. The summed E-state index contributed by atoms with van der Waals surface area (Å²) in [7, 11) is 0. The van der Waals surface area contributed by atoms with E-state index in [-0.39, 0.29) is 5.84 Å². The monoisotopic (exact) mass is 220 g/mol. The van der Waals surface area contributed by atoms with E-state index >= 15 is 0 Å². The van der Waals surface area contributed by atoms with Gasteiger partial charge in [0.05, 0.1) is 5.84 Å². The van der Waals surface area contributed by atoms with E-state index in [1.165, 1.54) is 0 Å². The van der Waals surface area contributed by atoms with Crippen LogP contribution in [0.25, 0.3) is 0 Å². The molecular weight excluding hydrogens is 200 g/mol. The Hall–Kier alpha value is -1.58. The summed E-state index contributed by atoms with van der Waals surface area (Å²) in [6.07, 6.45) is 2.41. The standard InChI is InChI=1S/C12H20N4/c1-9(2)16(7-5-12(13)14)11-4-6-15-10(3)8-11/h4,6,8-9H,5,7H2,1-3H3,(H3,13,14). The lowest BCUT2D eigenvalue weighted by Crippen LogP contribution is -2.33. The molecule has 1 rings (SSSR count). The van der Waals surface area contributed by atoms with Gasteiger partial charge in [0, 0.05) is 36.6 Å². The first-order valence-electron chi connectivity index (χ1n) is 5.53. The predicted octanol–water partition coefficient (Wildman–Crippen LogP) is 1.93. The van der Waals surface area contributed by atoms with Gasteiger partial charge in [0.2, 0.25) is 0 Å². The van der Waals surface area contributed by atoms with Gasteiger partial charge in [-0.25, -0.2) is 0 Å². The summed E-state index contributed by atoms with van der Waals surface area (Å²) < 4.78 is 0. The van der Waals surface area contributed by atoms with E-state index in [1.54, 1.807) is 0 Å². The van der Waals surface area contributed by atoms with Crippen LogP contribution in [0, 0.1) is 12.3 Å². The third kappa shape index (κ3) is 3.53. The largest absolute Gasteiger partial charge is 0.388 e. The van der Waals surface area contributed by atoms with Gasteiger partial charge in [-0.05, 0) is 32.9 Å². The van der Waals surface area contributed by atoms with Gasteiger partial charge in [-0.2, -0.15) is 0 Å². The van der Waals surface area contributed by atoms with Crippen LogP contribution in [0.15, 0.2) is 18.3 Å². The van der Waals surface area contributed by atoms with Crippen molar-refractivity contribution in [3.05, 3.63) is 24.0 Å². The average molecular weight is 220 g/mol. The number of hydrogen-bond donors (Lipinski definition) is 2. The molecule has 0 saturated heterocycles. The van der Waals surface area contributed by atoms with Gasteiger partial charge in [-0.3, -0.25) is 10.4 Å². The van der Waals surface area contributed by atoms with Crippen LogP contribution >= 0.6 is 0 Å². The van der Waals surface area contributed by atoms with Crippen LogP contribution in [0.5, 0.6) is 0 Å². The Labute approximate surface area is 97.0 Å². The van der Waals surface area contributed by atoms with E-state index in [0.29, 0.717) is 12.5 Å². The van der Waals surface area contributed by atoms with Crippen molar-refractivity contribution in [2.75, 3.05) is 11.4 Å². The molecule has 0 aromatic carbocycles. The minimum absolute atomic E-state index is 0.233. The number of aromatic nitrogens is 1. The van der Waals surface area contributed by atoms with Crippen LogP contribution < -0.4 is 10.6 Å². The molecule has 0 spiro atoms. The quantitative estimate of drug-likeness (QED) is 0.588. The maximum absolute atomic E-state index is 7.27. The summed E-state index contributed by atoms with van der Waals surface area (Å²) in [5, 5.41) is 7.27. The summed E-state index contributed by atoms with van der Waals surface area (Å²) in [5.74, 6) is 0.233. The molecule has 1 heterocycles. The van der Waals surface area contributed by atoms with Gasteiger partial charge in [0.25, 0.3) is 0 Å². The average Bonchev–Trinajstić information content (AvgIpc) is 2.17. The molecule has 3 N–H and O–H groups in total. The molecular formula is C12H20N4. The predicted molar refractivity (Wildman–Crippen MR) is 68.0 cm³/mol. The van der Waals surface area contributed by atoms with E-state index in [9.17, 15) is 0 Å². The van der Waals surface area contributed by atoms with Crippen molar-refractivity contribution >= 4 is 11.5 Å². The summed E-state index contributed by atoms with van der Waals surface area (Å²) in [6, 6.07) is 4.44. The minimum atomic E-state index is 0.233. The van der Waals surface area contributed by atoms with E-state index in [2.05, 4.69) is 29.8 Å². The lowest BCUT2D eigenvalue weighted by atomic mass is 10.2. The van der Waals surface area contributed by atoms with Crippen LogP contribution in [0.2, 0.25) is 0 Å². The molecule has 88 valence electrons. The second-order valence-electron chi connectivity index (χ2n) is 4.22. The normalized spacial score (nSPS) is 10.5. The third-order valence-electron chi connectivity index (χ3n) is 2.46. The van der Waals surface area contributed by atoms with Crippen LogP contribution in [0.3, 0.4) is 0 Å². The lowest BCUT2D eigenvalue weighted by molar-refractivity contribution is 0.688. The maximum atomic E-state index is 7.27. The molecule has 4 heteroatoms. The highest BCUT2D eigenvalue weighted by atomic mass is 15.2. The molecule has 16 heavy (non-hydrogen) atoms. The van der Waals surface area contributed by atoms with E-state index in [0.717, 1.165) is 17.9 Å². The highest BCUT2D eigenvalue weighted by molar-refractivity contribution is 5.77. The fourth-order valence-electron chi connectivity index (χ4n) is 1.64. The first-order valence-corrected chi connectivity index (χ1v) is 5.53. The molecule has 0 amide bonds. The van der Waals surface area contributed by atoms with Gasteiger partial charge in [-0.15, -0.1) is 0 Å². The Morgan fingerprint density at radius 2 is 2.25 bits per heavy atom. The van der Waals surface area contributed by atoms with Gasteiger partial charge < -0.3 is 10.6 Å². The van der Waals surface area contributed by atoms with Crippen molar-refractivity contribution in [2.24, 2.45) is 5.73 Å². The Kier molecular flexibility index (Phi) is 4.28. The highest BCUT2D eigenvalue weighted by Crippen LogP contribution is 2.17. The first kappa shape index (κ1) is 12.5. The second-order valence-corrected chi connectivity index (χ2v) is 4.22. The van der Waals surface area contributed by atoms with Crippen molar-refractivity contribution in [3.63, 3.8) is 0 Å². The molecule has 4 nitrogen and oxygen atoms in total. The molecule has 0 radical (unpaired) electrons. The second kappa shape index (κ2) is 5.49. The molecule has 1 aromatic heterocycles. The Bertz CT molecular complexity index is 360. The van der Waals surface area contributed by atoms with E-state index in [1.807, 2.05) is 19.2 Å². The molecule has 1 aromatic rings. The van der Waals surface area contributed by atoms with Crippen molar-refractivity contribution in [3.8, 4) is 0 Å². The molecule has 0 bridgehead atoms. The van der Waals surface area contributed by atoms with Crippen LogP contribution in [-0.4, -0.2) is 23.4 Å². The first-order chi connectivity index (χ1) is 7.50. The van der Waals surface area contributed by atoms with Crippen molar-refractivity contribution < 1.29 is 0 Å². The van der Waals surface area contributed by atoms with Gasteiger partial charge in [0.15, 0.2) is 0 Å². The van der Waals surface area contributed by atoms with E-state index < -0.39 is 0 Å². The Morgan fingerprint density at radius 1 is 1.56 bits per heavy atom. The fourth-order valence-corrected chi connectivity index (χ4v) is 1.64. The van der Waals surface area contributed by atoms with E-state index in [4.69, 9.17) is 11.1 Å². The zero-order valence-corrected chi connectivity index (χ0v) is 10.2. The van der Waals surface area contributed by atoms with Gasteiger partial charge >= 0.3 is 0 Å². The summed E-state index contributed by atoms with van der Waals surface area (Å²) >= 11 is 0. The number of pyridine rings is 1. The van der Waals surface area contributed by atoms with Crippen molar-refractivity contribution in [1.82, 2.24) is 4.98 Å². The number of nitrogens with one attached hydrogen (secondary N) is 1. The lowest BCUT2D eigenvalue weighted by Gasteiger charge is -2.29. The number of rotatable bonds is 5. The molecule has 0 aliphatic rings. The number of hydrogen-bond acceptors (Lipinski definition) is 3. The Balaban J connectivity index is 2.81. The molecule has 0 aliphatic carbocycles. The topological polar surface area (TPSA) is 66.0 Å². The SMILES string of the molecule is Cc1cc(N(CCC(=N)N)C(C)C)ccn1. The molecule has 0 atom stereocenters. The molecule has 0 fully saturated rings. The number of nitrogens with two attached hydrogens (primary N) is 1. The number of anilines is 1. The molecule has 0 aliphatic heterocycles. The van der Waals surface area contributed by atoms with Crippen LogP contribution in [-0.2, 0) is 0 Å². The smallest absolute Gasteiger partial charge is 0.0923 e. The highest BCUT2D eigenvalue weighted by Gasteiger charge is 2.10. The fraction of sp³-hybridized carbons (Fsp3) is 0.500.